The van der Waals surface area contributed by atoms with Gasteiger partial charge in [0.1, 0.15) is 25.2 Å². The van der Waals surface area contributed by atoms with Crippen LogP contribution in [0.5, 0.6) is 5.75 Å². The van der Waals surface area contributed by atoms with E-state index >= 15 is 0 Å². The highest BCUT2D eigenvalue weighted by Gasteiger charge is 2.40. The molecule has 2 heterocycles. The smallest absolute Gasteiger partial charge is 0.310 e. The van der Waals surface area contributed by atoms with Crippen LogP contribution in [0.1, 0.15) is 35.2 Å². The second-order valence-electron chi connectivity index (χ2n) is 10.3. The number of nitrogens with zero attached hydrogens (tertiary/aromatic N) is 2. The lowest BCUT2D eigenvalue weighted by molar-refractivity contribution is -0.168. The molecule has 0 radical (unpaired) electrons. The Bertz CT molecular complexity index is 1530. The lowest BCUT2D eigenvalue weighted by Crippen LogP contribution is -2.57. The molecule has 242 valence electrons. The van der Waals surface area contributed by atoms with Crippen molar-refractivity contribution < 1.29 is 41.8 Å². The maximum atomic E-state index is 13.7. The number of sulfonamides is 1. The van der Waals surface area contributed by atoms with E-state index in [9.17, 15) is 27.6 Å². The fourth-order valence-electron chi connectivity index (χ4n) is 4.76. The summed E-state index contributed by atoms with van der Waals surface area (Å²) >= 11 is 12.5. The van der Waals surface area contributed by atoms with Gasteiger partial charge in [0.2, 0.25) is 22.2 Å². The van der Waals surface area contributed by atoms with E-state index in [0.29, 0.717) is 0 Å². The predicted molar refractivity (Wildman–Crippen MR) is 164 cm³/mol. The van der Waals surface area contributed by atoms with Crippen LogP contribution in [0, 0.1) is 0 Å². The zero-order valence-corrected chi connectivity index (χ0v) is 26.6. The topological polar surface area (TPSA) is 161 Å². The largest absolute Gasteiger partial charge is 0.486 e. The van der Waals surface area contributed by atoms with Crippen LogP contribution in [-0.4, -0.2) is 85.9 Å². The van der Waals surface area contributed by atoms with Crippen molar-refractivity contribution in [3.8, 4) is 5.75 Å². The molecular weight excluding hydrogens is 651 g/mol. The number of benzene rings is 2. The summed E-state index contributed by atoms with van der Waals surface area (Å²) in [6.07, 6.45) is 1.40. The van der Waals surface area contributed by atoms with Crippen LogP contribution < -0.4 is 15.4 Å². The average molecular weight is 684 g/mol. The highest BCUT2D eigenvalue weighted by Crippen LogP contribution is 2.34. The Morgan fingerprint density at radius 1 is 1.13 bits per heavy atom. The monoisotopic (exact) mass is 682 g/mol. The van der Waals surface area contributed by atoms with E-state index in [1.807, 2.05) is 30.3 Å². The third-order valence-electron chi connectivity index (χ3n) is 6.82. The average Bonchev–Trinajstić information content (AvgIpc) is 3.25. The molecule has 0 aromatic heterocycles. The number of hydrogen-bond donors (Lipinski definition) is 2. The van der Waals surface area contributed by atoms with Gasteiger partial charge in [-0.1, -0.05) is 66.2 Å². The summed E-state index contributed by atoms with van der Waals surface area (Å²) in [7, 11) is -4.00. The molecule has 3 atom stereocenters. The van der Waals surface area contributed by atoms with Crippen molar-refractivity contribution in [1.82, 2.24) is 20.1 Å². The Morgan fingerprint density at radius 3 is 2.47 bits per heavy atom. The minimum atomic E-state index is -4.00. The number of hydrazine groups is 1. The summed E-state index contributed by atoms with van der Waals surface area (Å²) < 4.78 is 42.4. The van der Waals surface area contributed by atoms with E-state index in [0.717, 1.165) is 21.2 Å². The lowest BCUT2D eigenvalue weighted by atomic mass is 10.1. The summed E-state index contributed by atoms with van der Waals surface area (Å²) in [5, 5.41) is 6.09. The first-order valence-corrected chi connectivity index (χ1v) is 16.4. The molecule has 0 saturated carbocycles. The van der Waals surface area contributed by atoms with Gasteiger partial charge >= 0.3 is 5.97 Å². The molecule has 16 heteroatoms. The van der Waals surface area contributed by atoms with Crippen molar-refractivity contribution in [3.05, 3.63) is 76.3 Å². The summed E-state index contributed by atoms with van der Waals surface area (Å²) in [5.41, 5.74) is 0.851. The minimum Gasteiger partial charge on any atom is -0.486 e. The van der Waals surface area contributed by atoms with Crippen molar-refractivity contribution in [2.75, 3.05) is 26.0 Å². The third kappa shape index (κ3) is 8.95. The van der Waals surface area contributed by atoms with Gasteiger partial charge in [-0.3, -0.25) is 24.2 Å². The molecule has 2 aliphatic heterocycles. The van der Waals surface area contributed by atoms with Crippen molar-refractivity contribution in [3.63, 3.8) is 0 Å². The van der Waals surface area contributed by atoms with Crippen molar-refractivity contribution in [2.24, 2.45) is 0 Å². The Morgan fingerprint density at radius 2 is 1.82 bits per heavy atom. The number of carbonyl (C=O) groups is 4. The molecule has 2 N–H and O–H groups in total. The Kier molecular flexibility index (Phi) is 11.4. The number of hydrogen-bond acceptors (Lipinski definition) is 9. The Hall–Kier alpha value is -3.69. The molecule has 2 saturated heterocycles. The van der Waals surface area contributed by atoms with Crippen molar-refractivity contribution >= 4 is 56.9 Å². The molecule has 2 fully saturated rings. The highest BCUT2D eigenvalue weighted by atomic mass is 35.5. The quantitative estimate of drug-likeness (QED) is 0.253. The van der Waals surface area contributed by atoms with Crippen LogP contribution in [0.25, 0.3) is 0 Å². The number of ether oxygens (including phenoxy) is 3. The molecule has 3 amide bonds. The van der Waals surface area contributed by atoms with E-state index in [2.05, 4.69) is 17.2 Å². The molecule has 2 aliphatic rings. The summed E-state index contributed by atoms with van der Waals surface area (Å²) in [5.74, 6) is -2.74. The first-order chi connectivity index (χ1) is 21.4. The van der Waals surface area contributed by atoms with E-state index in [1.54, 1.807) is 0 Å². The van der Waals surface area contributed by atoms with Crippen LogP contribution in [0.2, 0.25) is 10.0 Å². The van der Waals surface area contributed by atoms with Crippen molar-refractivity contribution in [2.45, 2.75) is 44.2 Å². The van der Waals surface area contributed by atoms with E-state index < -0.39 is 58.6 Å². The van der Waals surface area contributed by atoms with Gasteiger partial charge in [0.25, 0.3) is 11.8 Å². The number of cyclic esters (lactones) is 1. The van der Waals surface area contributed by atoms with Crippen LogP contribution in [0.4, 0.5) is 0 Å². The molecular formula is C29H32Cl2N4O9S. The zero-order valence-electron chi connectivity index (χ0n) is 24.2. The minimum absolute atomic E-state index is 0.0321. The predicted octanol–water partition coefficient (Wildman–Crippen LogP) is 2.43. The summed E-state index contributed by atoms with van der Waals surface area (Å²) in [6.45, 7) is 2.96. The summed E-state index contributed by atoms with van der Waals surface area (Å²) in [6, 6.07) is 9.68. The highest BCUT2D eigenvalue weighted by molar-refractivity contribution is 7.88. The molecule has 3 unspecified atom stereocenters. The van der Waals surface area contributed by atoms with Gasteiger partial charge in [0.05, 0.1) is 29.3 Å². The SMILES string of the molecule is C=CCOc1c(Cl)cc(C(=O)NC2CCCN(S(C)(=O)=O)N(CC(=O)NC3CC(=O)OC3OCc3ccccc3)C2=O)cc1Cl. The maximum Gasteiger partial charge on any atom is 0.310 e. The van der Waals surface area contributed by atoms with Gasteiger partial charge in [0, 0.05) is 12.1 Å². The number of halogens is 2. The van der Waals surface area contributed by atoms with Gasteiger partial charge in [-0.05, 0) is 30.5 Å². The number of rotatable bonds is 12. The fourth-order valence-corrected chi connectivity index (χ4v) is 6.31. The number of esters is 1. The van der Waals surface area contributed by atoms with E-state index in [1.165, 1.54) is 18.2 Å². The molecule has 2 aromatic carbocycles. The maximum absolute atomic E-state index is 13.7. The standard InChI is InChI=1S/C29H32Cl2N4O9S/c1-3-12-42-26-20(30)13-19(14-21(26)31)27(38)33-22-10-7-11-35(45(2,40)41)34(28(22)39)16-24(36)32-23-15-25(37)44-29(23)43-17-18-8-5-4-6-9-18/h3-6,8-9,13-14,22-23,29H,1,7,10-12,15-17H2,2H3,(H,32,36)(H,33,38). The third-order valence-corrected chi connectivity index (χ3v) is 8.52. The Balaban J connectivity index is 1.47. The first-order valence-electron chi connectivity index (χ1n) is 13.8. The zero-order chi connectivity index (χ0) is 32.7. The van der Waals surface area contributed by atoms with Gasteiger partial charge in [-0.2, -0.15) is 0 Å². The number of amides is 3. The van der Waals surface area contributed by atoms with E-state index in [4.69, 9.17) is 37.4 Å². The number of nitrogens with one attached hydrogen (secondary N) is 2. The normalized spacial score (nSPS) is 20.7. The van der Waals surface area contributed by atoms with Gasteiger partial charge in [-0.15, -0.1) is 4.41 Å². The summed E-state index contributed by atoms with van der Waals surface area (Å²) in [4.78, 5) is 52.0. The lowest BCUT2D eigenvalue weighted by Gasteiger charge is -2.32. The molecule has 13 nitrogen and oxygen atoms in total. The molecule has 2 aromatic rings. The van der Waals surface area contributed by atoms with Crippen LogP contribution in [0.15, 0.2) is 55.1 Å². The molecule has 0 bridgehead atoms. The fraction of sp³-hybridized carbons (Fsp3) is 0.379. The Labute approximate surface area is 270 Å². The van der Waals surface area contributed by atoms with E-state index in [-0.39, 0.29) is 60.4 Å². The van der Waals surface area contributed by atoms with Crippen LogP contribution in [0.3, 0.4) is 0 Å². The molecule has 0 aliphatic carbocycles. The second kappa shape index (κ2) is 15.1. The van der Waals surface area contributed by atoms with Crippen molar-refractivity contribution in [1.29, 1.82) is 0 Å². The van der Waals surface area contributed by atoms with Crippen LogP contribution >= 0.6 is 23.2 Å². The van der Waals surface area contributed by atoms with Gasteiger partial charge in [0.15, 0.2) is 5.75 Å². The molecule has 45 heavy (non-hydrogen) atoms. The molecule has 0 spiro atoms. The van der Waals surface area contributed by atoms with Gasteiger partial charge in [-0.25, -0.2) is 8.42 Å². The van der Waals surface area contributed by atoms with Crippen LogP contribution in [-0.2, 0) is 40.5 Å². The van der Waals surface area contributed by atoms with Gasteiger partial charge < -0.3 is 24.8 Å². The number of carbonyl (C=O) groups excluding carboxylic acids is 4. The second-order valence-corrected chi connectivity index (χ2v) is 13.0. The molecule has 4 rings (SSSR count). The first kappa shape index (κ1) is 34.2.